The molecule has 0 aromatic carbocycles. The number of carbonyl (C=O) groups excluding carboxylic acids is 2. The van der Waals surface area contributed by atoms with Gasteiger partial charge in [0.2, 0.25) is 0 Å². The number of carbonyl (C=O) groups is 2. The molecule has 7 heteroatoms. The molecule has 1 aromatic rings. The molecule has 0 saturated carbocycles. The van der Waals surface area contributed by atoms with Gasteiger partial charge < -0.3 is 19.7 Å². The number of hydrogen-bond acceptors (Lipinski definition) is 5. The Labute approximate surface area is 133 Å². The van der Waals surface area contributed by atoms with E-state index in [2.05, 4.69) is 5.32 Å². The van der Waals surface area contributed by atoms with Crippen molar-refractivity contribution in [3.8, 4) is 5.75 Å². The molecule has 2 amide bonds. The SMILES string of the molecule is COc1cc(C)sc1C(=O)N1CCC[C@@]2(CC1)CNC(=O)O2. The Kier molecular flexibility index (Phi) is 3.99. The third-order valence-corrected chi connectivity index (χ3v) is 5.30. The van der Waals surface area contributed by atoms with Gasteiger partial charge in [-0.1, -0.05) is 0 Å². The normalized spacial score (nSPS) is 24.8. The average molecular weight is 324 g/mol. The molecule has 0 aliphatic carbocycles. The van der Waals surface area contributed by atoms with Gasteiger partial charge in [-0.05, 0) is 25.8 Å². The fourth-order valence-corrected chi connectivity index (χ4v) is 4.03. The molecule has 120 valence electrons. The van der Waals surface area contributed by atoms with E-state index in [0.29, 0.717) is 36.7 Å². The molecule has 3 rings (SSSR count). The van der Waals surface area contributed by atoms with Crippen LogP contribution in [0.15, 0.2) is 6.07 Å². The number of hydrogen-bond donors (Lipinski definition) is 1. The maximum Gasteiger partial charge on any atom is 0.407 e. The number of rotatable bonds is 2. The summed E-state index contributed by atoms with van der Waals surface area (Å²) < 4.78 is 10.7. The molecule has 3 heterocycles. The summed E-state index contributed by atoms with van der Waals surface area (Å²) in [6.07, 6.45) is 1.93. The molecular formula is C15H20N2O4S. The van der Waals surface area contributed by atoms with Gasteiger partial charge in [0.25, 0.3) is 5.91 Å². The zero-order valence-corrected chi connectivity index (χ0v) is 13.6. The van der Waals surface area contributed by atoms with Crippen molar-refractivity contribution in [2.75, 3.05) is 26.7 Å². The van der Waals surface area contributed by atoms with E-state index < -0.39 is 5.60 Å². The van der Waals surface area contributed by atoms with Crippen LogP contribution in [0.3, 0.4) is 0 Å². The van der Waals surface area contributed by atoms with Gasteiger partial charge >= 0.3 is 6.09 Å². The van der Waals surface area contributed by atoms with E-state index >= 15 is 0 Å². The second-order valence-corrected chi connectivity index (χ2v) is 7.08. The Balaban J connectivity index is 1.73. The topological polar surface area (TPSA) is 67.9 Å². The van der Waals surface area contributed by atoms with Crippen molar-refractivity contribution in [1.29, 1.82) is 0 Å². The Morgan fingerprint density at radius 3 is 2.95 bits per heavy atom. The van der Waals surface area contributed by atoms with Crippen LogP contribution in [0.5, 0.6) is 5.75 Å². The lowest BCUT2D eigenvalue weighted by Gasteiger charge is -2.24. The molecule has 6 nitrogen and oxygen atoms in total. The molecule has 1 aromatic heterocycles. The Hall–Kier alpha value is -1.76. The van der Waals surface area contributed by atoms with Crippen LogP contribution in [-0.2, 0) is 4.74 Å². The number of ether oxygens (including phenoxy) is 2. The number of methoxy groups -OCH3 is 1. The number of likely N-dealkylation sites (tertiary alicyclic amines) is 1. The maximum absolute atomic E-state index is 12.7. The summed E-state index contributed by atoms with van der Waals surface area (Å²) in [7, 11) is 1.58. The van der Waals surface area contributed by atoms with Gasteiger partial charge in [-0.25, -0.2) is 4.79 Å². The van der Waals surface area contributed by atoms with E-state index in [1.54, 1.807) is 7.11 Å². The molecule has 0 bridgehead atoms. The highest BCUT2D eigenvalue weighted by Crippen LogP contribution is 2.33. The number of nitrogens with one attached hydrogen (secondary N) is 1. The first kappa shape index (κ1) is 15.1. The summed E-state index contributed by atoms with van der Waals surface area (Å²) in [6, 6.07) is 1.89. The predicted molar refractivity (Wildman–Crippen MR) is 82.6 cm³/mol. The lowest BCUT2D eigenvalue weighted by Crippen LogP contribution is -2.36. The van der Waals surface area contributed by atoms with Gasteiger partial charge in [0.05, 0.1) is 13.7 Å². The van der Waals surface area contributed by atoms with Crippen LogP contribution >= 0.6 is 11.3 Å². The zero-order chi connectivity index (χ0) is 15.7. The first-order valence-corrected chi connectivity index (χ1v) is 8.25. The third kappa shape index (κ3) is 2.77. The monoisotopic (exact) mass is 324 g/mol. The Morgan fingerprint density at radius 2 is 2.27 bits per heavy atom. The highest BCUT2D eigenvalue weighted by Gasteiger charge is 2.42. The van der Waals surface area contributed by atoms with Gasteiger partial charge in [0.15, 0.2) is 0 Å². The van der Waals surface area contributed by atoms with Gasteiger partial charge in [-0.3, -0.25) is 4.79 Å². The van der Waals surface area contributed by atoms with Crippen molar-refractivity contribution in [2.45, 2.75) is 31.8 Å². The molecule has 1 spiro atoms. The van der Waals surface area contributed by atoms with E-state index in [9.17, 15) is 9.59 Å². The molecule has 2 aliphatic heterocycles. The van der Waals surface area contributed by atoms with Gasteiger partial charge in [-0.15, -0.1) is 11.3 Å². The lowest BCUT2D eigenvalue weighted by atomic mass is 9.95. The second-order valence-electron chi connectivity index (χ2n) is 5.83. The zero-order valence-electron chi connectivity index (χ0n) is 12.8. The fourth-order valence-electron chi connectivity index (χ4n) is 3.09. The lowest BCUT2D eigenvalue weighted by molar-refractivity contribution is 0.0439. The van der Waals surface area contributed by atoms with Crippen LogP contribution < -0.4 is 10.1 Å². The van der Waals surface area contributed by atoms with Crippen LogP contribution in [-0.4, -0.2) is 49.2 Å². The number of alkyl carbamates (subject to hydrolysis) is 1. The number of aryl methyl sites for hydroxylation is 1. The average Bonchev–Trinajstić information content (AvgIpc) is 2.97. The van der Waals surface area contributed by atoms with E-state index in [4.69, 9.17) is 9.47 Å². The summed E-state index contributed by atoms with van der Waals surface area (Å²) in [4.78, 5) is 27.6. The summed E-state index contributed by atoms with van der Waals surface area (Å²) in [5.74, 6) is 0.643. The standard InChI is InChI=1S/C15H20N2O4S/c1-10-8-11(20-2)12(22-10)13(18)17-6-3-4-15(5-7-17)9-16-14(19)21-15/h8H,3-7,9H2,1-2H3,(H,16,19)/t15-/m1/s1. The van der Waals surface area contributed by atoms with Gasteiger partial charge in [0, 0.05) is 24.4 Å². The highest BCUT2D eigenvalue weighted by atomic mass is 32.1. The van der Waals surface area contributed by atoms with Crippen molar-refractivity contribution in [1.82, 2.24) is 10.2 Å². The van der Waals surface area contributed by atoms with E-state index in [1.165, 1.54) is 11.3 Å². The summed E-state index contributed by atoms with van der Waals surface area (Å²) in [5.41, 5.74) is -0.443. The van der Waals surface area contributed by atoms with Crippen molar-refractivity contribution in [2.24, 2.45) is 0 Å². The van der Waals surface area contributed by atoms with Gasteiger partial charge in [-0.2, -0.15) is 0 Å². The molecular weight excluding hydrogens is 304 g/mol. The number of nitrogens with zero attached hydrogens (tertiary/aromatic N) is 1. The third-order valence-electron chi connectivity index (χ3n) is 4.28. The molecule has 2 fully saturated rings. The Morgan fingerprint density at radius 1 is 1.45 bits per heavy atom. The number of amides is 2. The van der Waals surface area contributed by atoms with Crippen molar-refractivity contribution >= 4 is 23.3 Å². The molecule has 22 heavy (non-hydrogen) atoms. The molecule has 1 atom stereocenters. The van der Waals surface area contributed by atoms with Crippen LogP contribution in [0.1, 0.15) is 33.8 Å². The largest absolute Gasteiger partial charge is 0.495 e. The maximum atomic E-state index is 12.7. The fraction of sp³-hybridized carbons (Fsp3) is 0.600. The summed E-state index contributed by atoms with van der Waals surface area (Å²) in [6.45, 7) is 3.77. The molecule has 0 radical (unpaired) electrons. The molecule has 0 unspecified atom stereocenters. The summed E-state index contributed by atoms with van der Waals surface area (Å²) in [5, 5.41) is 2.72. The smallest absolute Gasteiger partial charge is 0.407 e. The predicted octanol–water partition coefficient (Wildman–Crippen LogP) is 2.17. The van der Waals surface area contributed by atoms with Crippen LogP contribution in [0.4, 0.5) is 4.79 Å². The summed E-state index contributed by atoms with van der Waals surface area (Å²) >= 11 is 1.46. The van der Waals surface area contributed by atoms with Crippen LogP contribution in [0.2, 0.25) is 0 Å². The minimum atomic E-state index is -0.443. The van der Waals surface area contributed by atoms with Crippen LogP contribution in [0.25, 0.3) is 0 Å². The van der Waals surface area contributed by atoms with Crippen molar-refractivity contribution < 1.29 is 19.1 Å². The highest BCUT2D eigenvalue weighted by molar-refractivity contribution is 7.14. The minimum Gasteiger partial charge on any atom is -0.495 e. The van der Waals surface area contributed by atoms with Crippen molar-refractivity contribution in [3.05, 3.63) is 15.8 Å². The van der Waals surface area contributed by atoms with Gasteiger partial charge in [0.1, 0.15) is 16.2 Å². The quantitative estimate of drug-likeness (QED) is 0.905. The molecule has 2 saturated heterocycles. The number of thiophene rings is 1. The first-order valence-electron chi connectivity index (χ1n) is 7.43. The van der Waals surface area contributed by atoms with E-state index in [-0.39, 0.29) is 12.0 Å². The first-order chi connectivity index (χ1) is 10.5. The van der Waals surface area contributed by atoms with Crippen LogP contribution in [0, 0.1) is 6.92 Å². The van der Waals surface area contributed by atoms with E-state index in [1.807, 2.05) is 17.9 Å². The molecule has 2 aliphatic rings. The Bertz CT molecular complexity index is 600. The van der Waals surface area contributed by atoms with Crippen molar-refractivity contribution in [3.63, 3.8) is 0 Å². The second kappa shape index (κ2) is 5.79. The minimum absolute atomic E-state index is 0.00397. The molecule has 1 N–H and O–H groups in total. The van der Waals surface area contributed by atoms with E-state index in [0.717, 1.165) is 17.7 Å².